The summed E-state index contributed by atoms with van der Waals surface area (Å²) in [6, 6.07) is 9.96. The van der Waals surface area contributed by atoms with E-state index in [-0.39, 0.29) is 18.1 Å². The zero-order chi connectivity index (χ0) is 14.9. The first-order valence-corrected chi connectivity index (χ1v) is 6.85. The molecule has 0 unspecified atom stereocenters. The van der Waals surface area contributed by atoms with Crippen molar-refractivity contribution in [3.8, 4) is 0 Å². The number of nitrogens with zero attached hydrogens (tertiary/aromatic N) is 1. The molecule has 0 spiro atoms. The van der Waals surface area contributed by atoms with Crippen LogP contribution >= 0.6 is 0 Å². The highest BCUT2D eigenvalue weighted by Gasteiger charge is 2.03. The highest BCUT2D eigenvalue weighted by Crippen LogP contribution is 2.03. The largest absolute Gasteiger partial charge is 0.355 e. The summed E-state index contributed by atoms with van der Waals surface area (Å²) in [4.78, 5) is 15.7. The molecule has 110 valence electrons. The fourth-order valence-corrected chi connectivity index (χ4v) is 1.92. The Kier molecular flexibility index (Phi) is 5.84. The zero-order valence-electron chi connectivity index (χ0n) is 11.7. The van der Waals surface area contributed by atoms with Crippen molar-refractivity contribution < 1.29 is 9.18 Å². The first-order chi connectivity index (χ1) is 10.2. The van der Waals surface area contributed by atoms with Gasteiger partial charge in [-0.25, -0.2) is 4.39 Å². The van der Waals surface area contributed by atoms with Crippen LogP contribution in [0, 0.1) is 5.82 Å². The Morgan fingerprint density at radius 3 is 2.76 bits per heavy atom. The molecule has 5 heteroatoms. The Morgan fingerprint density at radius 1 is 1.14 bits per heavy atom. The lowest BCUT2D eigenvalue weighted by molar-refractivity contribution is -0.120. The summed E-state index contributed by atoms with van der Waals surface area (Å²) < 4.78 is 13.0. The molecule has 1 aromatic carbocycles. The van der Waals surface area contributed by atoms with Crippen LogP contribution in [0.5, 0.6) is 0 Å². The number of hydrogen-bond donors (Lipinski definition) is 2. The van der Waals surface area contributed by atoms with Gasteiger partial charge in [0, 0.05) is 32.0 Å². The van der Waals surface area contributed by atoms with E-state index in [4.69, 9.17) is 0 Å². The number of amides is 1. The molecule has 0 bridgehead atoms. The highest BCUT2D eigenvalue weighted by atomic mass is 19.1. The maximum absolute atomic E-state index is 13.0. The van der Waals surface area contributed by atoms with E-state index in [2.05, 4.69) is 15.6 Å². The van der Waals surface area contributed by atoms with Crippen molar-refractivity contribution in [2.75, 3.05) is 13.1 Å². The second kappa shape index (κ2) is 8.11. The van der Waals surface area contributed by atoms with Gasteiger partial charge in [0.2, 0.25) is 5.91 Å². The minimum atomic E-state index is -0.321. The Bertz CT molecular complexity index is 575. The average Bonchev–Trinajstić information content (AvgIpc) is 2.48. The van der Waals surface area contributed by atoms with Crippen molar-refractivity contribution >= 4 is 5.91 Å². The van der Waals surface area contributed by atoms with Crippen molar-refractivity contribution in [1.82, 2.24) is 15.6 Å². The summed E-state index contributed by atoms with van der Waals surface area (Å²) in [7, 11) is 0. The van der Waals surface area contributed by atoms with Crippen molar-refractivity contribution in [2.45, 2.75) is 13.0 Å². The molecular formula is C16H18FN3O. The second-order valence-electron chi connectivity index (χ2n) is 4.69. The summed E-state index contributed by atoms with van der Waals surface area (Å²) in [6.07, 6.45) is 3.73. The van der Waals surface area contributed by atoms with Gasteiger partial charge in [-0.1, -0.05) is 18.2 Å². The van der Waals surface area contributed by atoms with Gasteiger partial charge in [-0.05, 0) is 29.3 Å². The van der Waals surface area contributed by atoms with Crippen molar-refractivity contribution in [2.24, 2.45) is 0 Å². The van der Waals surface area contributed by atoms with Crippen LogP contribution in [0.1, 0.15) is 11.1 Å². The van der Waals surface area contributed by atoms with E-state index in [1.165, 1.54) is 12.1 Å². The minimum Gasteiger partial charge on any atom is -0.355 e. The predicted octanol–water partition coefficient (Wildman–Crippen LogP) is 1.67. The smallest absolute Gasteiger partial charge is 0.224 e. The van der Waals surface area contributed by atoms with Crippen LogP contribution in [-0.4, -0.2) is 24.0 Å². The Balaban J connectivity index is 1.61. The monoisotopic (exact) mass is 287 g/mol. The fourth-order valence-electron chi connectivity index (χ4n) is 1.92. The topological polar surface area (TPSA) is 54.0 Å². The molecule has 21 heavy (non-hydrogen) atoms. The first kappa shape index (κ1) is 15.1. The van der Waals surface area contributed by atoms with E-state index in [9.17, 15) is 9.18 Å². The van der Waals surface area contributed by atoms with Gasteiger partial charge in [-0.2, -0.15) is 0 Å². The number of halogens is 1. The average molecular weight is 287 g/mol. The fraction of sp³-hybridized carbons (Fsp3) is 0.250. The summed E-state index contributed by atoms with van der Waals surface area (Å²) in [6.45, 7) is 1.92. The minimum absolute atomic E-state index is 0.108. The van der Waals surface area contributed by atoms with Crippen molar-refractivity contribution in [3.05, 3.63) is 65.7 Å². The van der Waals surface area contributed by atoms with E-state index in [0.29, 0.717) is 25.2 Å². The van der Waals surface area contributed by atoms with Crippen molar-refractivity contribution in [1.29, 1.82) is 0 Å². The van der Waals surface area contributed by atoms with Crippen molar-refractivity contribution in [3.63, 3.8) is 0 Å². The third-order valence-corrected chi connectivity index (χ3v) is 2.93. The zero-order valence-corrected chi connectivity index (χ0v) is 11.7. The van der Waals surface area contributed by atoms with Crippen LogP contribution in [0.4, 0.5) is 4.39 Å². The van der Waals surface area contributed by atoms with Gasteiger partial charge in [-0.3, -0.25) is 9.78 Å². The maximum Gasteiger partial charge on any atom is 0.224 e. The number of benzene rings is 1. The van der Waals surface area contributed by atoms with Gasteiger partial charge in [0.25, 0.3) is 0 Å². The van der Waals surface area contributed by atoms with E-state index >= 15 is 0 Å². The number of rotatable bonds is 7. The molecule has 0 saturated carbocycles. The molecule has 4 nitrogen and oxygen atoms in total. The number of carbonyl (C=O) groups is 1. The molecule has 2 N–H and O–H groups in total. The number of nitrogens with one attached hydrogen (secondary N) is 2. The summed E-state index contributed by atoms with van der Waals surface area (Å²) in [5.74, 6) is -0.429. The second-order valence-corrected chi connectivity index (χ2v) is 4.69. The van der Waals surface area contributed by atoms with Crippen LogP contribution in [-0.2, 0) is 17.8 Å². The van der Waals surface area contributed by atoms with E-state index in [1.807, 2.05) is 12.1 Å². The van der Waals surface area contributed by atoms with Crippen LogP contribution in [0.15, 0.2) is 48.8 Å². The molecule has 1 aromatic heterocycles. The summed E-state index contributed by atoms with van der Waals surface area (Å²) in [5, 5.41) is 6.01. The van der Waals surface area contributed by atoms with E-state index in [1.54, 1.807) is 24.5 Å². The number of hydrogen-bond acceptors (Lipinski definition) is 3. The molecule has 1 heterocycles. The van der Waals surface area contributed by atoms with Gasteiger partial charge in [0.15, 0.2) is 0 Å². The molecule has 0 fully saturated rings. The molecule has 0 aliphatic rings. The molecule has 0 atom stereocenters. The third-order valence-electron chi connectivity index (χ3n) is 2.93. The number of carbonyl (C=O) groups excluding carboxylic acids is 1. The third kappa shape index (κ3) is 5.71. The first-order valence-electron chi connectivity index (χ1n) is 6.85. The van der Waals surface area contributed by atoms with Gasteiger partial charge in [-0.15, -0.1) is 0 Å². The normalized spacial score (nSPS) is 10.3. The van der Waals surface area contributed by atoms with Crippen LogP contribution in [0.3, 0.4) is 0 Å². The summed E-state index contributed by atoms with van der Waals surface area (Å²) >= 11 is 0. The van der Waals surface area contributed by atoms with Gasteiger partial charge in [0.05, 0.1) is 6.42 Å². The number of aromatic nitrogens is 1. The van der Waals surface area contributed by atoms with Gasteiger partial charge >= 0.3 is 0 Å². The van der Waals surface area contributed by atoms with Crippen LogP contribution < -0.4 is 10.6 Å². The molecule has 0 aliphatic heterocycles. The molecule has 0 aliphatic carbocycles. The highest BCUT2D eigenvalue weighted by molar-refractivity contribution is 5.78. The molecule has 1 amide bonds. The summed E-state index contributed by atoms with van der Waals surface area (Å²) in [5.41, 5.74) is 1.78. The molecular weight excluding hydrogens is 269 g/mol. The standard InChI is InChI=1S/C16H18FN3O/c17-15-5-1-3-13(9-15)10-16(21)20-8-7-19-12-14-4-2-6-18-11-14/h1-6,9,11,19H,7-8,10,12H2,(H,20,21). The molecule has 0 radical (unpaired) electrons. The van der Waals surface area contributed by atoms with Crippen LogP contribution in [0.25, 0.3) is 0 Å². The van der Waals surface area contributed by atoms with Gasteiger partial charge < -0.3 is 10.6 Å². The Morgan fingerprint density at radius 2 is 2.00 bits per heavy atom. The van der Waals surface area contributed by atoms with E-state index < -0.39 is 0 Å². The lowest BCUT2D eigenvalue weighted by Gasteiger charge is -2.07. The van der Waals surface area contributed by atoms with E-state index in [0.717, 1.165) is 5.56 Å². The number of pyridine rings is 1. The molecule has 2 rings (SSSR count). The molecule has 2 aromatic rings. The quantitative estimate of drug-likeness (QED) is 0.762. The maximum atomic E-state index is 13.0. The SMILES string of the molecule is O=C(Cc1cccc(F)c1)NCCNCc1cccnc1. The lowest BCUT2D eigenvalue weighted by atomic mass is 10.1. The Labute approximate surface area is 123 Å². The predicted molar refractivity (Wildman–Crippen MR) is 79.1 cm³/mol. The van der Waals surface area contributed by atoms with Crippen LogP contribution in [0.2, 0.25) is 0 Å². The van der Waals surface area contributed by atoms with Gasteiger partial charge in [0.1, 0.15) is 5.82 Å². The Hall–Kier alpha value is -2.27. The molecule has 0 saturated heterocycles. The lowest BCUT2D eigenvalue weighted by Crippen LogP contribution is -2.32.